The zero-order valence-electron chi connectivity index (χ0n) is 33.6. The van der Waals surface area contributed by atoms with Crippen LogP contribution in [0.2, 0.25) is 0 Å². The van der Waals surface area contributed by atoms with Crippen LogP contribution >= 0.6 is 0 Å². The number of sulfone groups is 1. The summed E-state index contributed by atoms with van der Waals surface area (Å²) in [6.07, 6.45) is 1.57. The van der Waals surface area contributed by atoms with Gasteiger partial charge in [-0.15, -0.1) is 0 Å². The van der Waals surface area contributed by atoms with Crippen LogP contribution in [0.15, 0.2) is 12.1 Å². The van der Waals surface area contributed by atoms with Gasteiger partial charge in [-0.3, -0.25) is 14.0 Å². The minimum absolute atomic E-state index is 0.0707. The van der Waals surface area contributed by atoms with Gasteiger partial charge in [0.05, 0.1) is 25.7 Å². The number of benzene rings is 3. The van der Waals surface area contributed by atoms with E-state index in [-0.39, 0.29) is 33.8 Å². The first-order valence-corrected chi connectivity index (χ1v) is 22.6. The molecule has 0 aromatic heterocycles. The molecule has 0 bridgehead atoms. The average molecular weight is 799 g/mol. The molecule has 2 saturated heterocycles. The summed E-state index contributed by atoms with van der Waals surface area (Å²) in [6.45, 7) is 16.0. The third-order valence-electron chi connectivity index (χ3n) is 13.1. The van der Waals surface area contributed by atoms with Crippen molar-refractivity contribution in [3.8, 4) is 46.6 Å². The van der Waals surface area contributed by atoms with Crippen molar-refractivity contribution in [2.24, 2.45) is 0 Å². The third-order valence-corrected chi connectivity index (χ3v) is 16.0. The van der Waals surface area contributed by atoms with Gasteiger partial charge in [0.1, 0.15) is 23.3 Å². The maximum atomic E-state index is 12.7. The summed E-state index contributed by atoms with van der Waals surface area (Å²) in [5.41, 5.74) is 7.47. The number of nitriles is 2. The normalized spacial score (nSPS) is 23.2. The molecule has 0 amide bonds. The molecule has 296 valence electrons. The molecule has 2 fully saturated rings. The lowest BCUT2D eigenvalue weighted by Crippen LogP contribution is -2.40. The molecule has 2 aliphatic carbocycles. The van der Waals surface area contributed by atoms with E-state index < -0.39 is 26.1 Å². The smallest absolute Gasteiger partial charge is 0.189 e. The first kappa shape index (κ1) is 38.7. The van der Waals surface area contributed by atoms with Gasteiger partial charge >= 0.3 is 0 Å². The standard InChI is InChI=1S/C43H50N4O7S2/c1-25-26(2)28(20-45)40-39(27(25)19-44)53-34-18-32-36(30(38(34)54-40)22-47-11-15-56(49,50)16-12-47)43(24-42(32,5)6)23-41(3,4)31-17-33(51-7)37(52-8)29(35(31)43)21-46-9-13-55(48)14-10-46/h17-18H,9-16,21-24H2,1-8H3. The summed E-state index contributed by atoms with van der Waals surface area (Å²) in [5.74, 6) is 4.22. The summed E-state index contributed by atoms with van der Waals surface area (Å²) in [5, 5.41) is 20.8. The molecule has 3 aliphatic heterocycles. The van der Waals surface area contributed by atoms with E-state index in [1.54, 1.807) is 14.2 Å². The van der Waals surface area contributed by atoms with Crippen LogP contribution in [-0.4, -0.2) is 85.8 Å². The van der Waals surface area contributed by atoms with E-state index in [2.05, 4.69) is 61.8 Å². The first-order valence-electron chi connectivity index (χ1n) is 19.3. The Morgan fingerprint density at radius 1 is 0.768 bits per heavy atom. The molecule has 3 aromatic carbocycles. The van der Waals surface area contributed by atoms with Gasteiger partial charge in [0.2, 0.25) is 0 Å². The zero-order chi connectivity index (χ0) is 40.1. The zero-order valence-corrected chi connectivity index (χ0v) is 35.2. The van der Waals surface area contributed by atoms with Crippen LogP contribution in [0.25, 0.3) is 0 Å². The second-order valence-corrected chi connectivity index (χ2v) is 21.5. The highest BCUT2D eigenvalue weighted by Crippen LogP contribution is 2.68. The van der Waals surface area contributed by atoms with E-state index in [0.717, 1.165) is 35.1 Å². The van der Waals surface area contributed by atoms with E-state index in [9.17, 15) is 23.2 Å². The Bertz CT molecular complexity index is 2400. The summed E-state index contributed by atoms with van der Waals surface area (Å²) in [6, 6.07) is 8.86. The molecular formula is C43H50N4O7S2. The predicted molar refractivity (Wildman–Crippen MR) is 215 cm³/mol. The lowest BCUT2D eigenvalue weighted by Gasteiger charge is -2.37. The van der Waals surface area contributed by atoms with E-state index in [0.29, 0.717) is 96.0 Å². The number of nitrogens with zero attached hydrogens (tertiary/aromatic N) is 4. The minimum atomic E-state index is -3.15. The molecule has 5 aliphatic rings. The molecule has 56 heavy (non-hydrogen) atoms. The van der Waals surface area contributed by atoms with Crippen molar-refractivity contribution >= 4 is 20.6 Å². The van der Waals surface area contributed by atoms with Gasteiger partial charge in [-0.05, 0) is 83.0 Å². The fraction of sp³-hybridized carbons (Fsp3) is 0.535. The van der Waals surface area contributed by atoms with E-state index in [1.807, 2.05) is 13.8 Å². The molecule has 0 radical (unpaired) electrons. The second-order valence-electron chi connectivity index (χ2n) is 17.5. The topological polar surface area (TPSA) is 142 Å². The Morgan fingerprint density at radius 2 is 1.29 bits per heavy atom. The van der Waals surface area contributed by atoms with Crippen LogP contribution in [-0.2, 0) is 50.0 Å². The molecule has 3 heterocycles. The number of fused-ring (bicyclic) bond motifs is 6. The number of hydrogen-bond acceptors (Lipinski definition) is 11. The van der Waals surface area contributed by atoms with Crippen LogP contribution in [0.1, 0.15) is 96.2 Å². The monoisotopic (exact) mass is 798 g/mol. The number of hydrogen-bond donors (Lipinski definition) is 0. The van der Waals surface area contributed by atoms with Gasteiger partial charge in [-0.25, -0.2) is 8.42 Å². The first-order chi connectivity index (χ1) is 26.5. The Morgan fingerprint density at radius 3 is 1.84 bits per heavy atom. The number of ether oxygens (including phenoxy) is 4. The van der Waals surface area contributed by atoms with Gasteiger partial charge < -0.3 is 18.9 Å². The minimum Gasteiger partial charge on any atom is -0.493 e. The molecule has 1 atom stereocenters. The Hall–Kier alpha value is -4.14. The second kappa shape index (κ2) is 13.5. The summed E-state index contributed by atoms with van der Waals surface area (Å²) < 4.78 is 63.7. The van der Waals surface area contributed by atoms with Crippen LogP contribution in [0, 0.1) is 36.5 Å². The summed E-state index contributed by atoms with van der Waals surface area (Å²) in [4.78, 5) is 4.56. The molecule has 0 saturated carbocycles. The lowest BCUT2D eigenvalue weighted by molar-refractivity contribution is 0.272. The SMILES string of the molecule is COc1cc2c(c(CN3CCS(=O)CC3)c1OC)C1(CC2(C)C)CC(C)(C)c2cc3c(c(CN4CCS(=O)(=O)CC4)c21)Oc1c(C#N)c(C)c(C)c(C#N)c1O3. The van der Waals surface area contributed by atoms with Crippen molar-refractivity contribution in [3.63, 3.8) is 0 Å². The van der Waals surface area contributed by atoms with Crippen LogP contribution in [0.5, 0.6) is 34.5 Å². The maximum Gasteiger partial charge on any atom is 0.189 e. The summed E-state index contributed by atoms with van der Waals surface area (Å²) in [7, 11) is -0.610. The van der Waals surface area contributed by atoms with Gasteiger partial charge in [0, 0.05) is 78.1 Å². The highest BCUT2D eigenvalue weighted by atomic mass is 32.2. The predicted octanol–water partition coefficient (Wildman–Crippen LogP) is 6.41. The quantitative estimate of drug-likeness (QED) is 0.214. The fourth-order valence-electron chi connectivity index (χ4n) is 10.5. The van der Waals surface area contributed by atoms with E-state index in [4.69, 9.17) is 18.9 Å². The molecule has 13 heteroatoms. The van der Waals surface area contributed by atoms with Crippen molar-refractivity contribution in [2.75, 3.05) is 63.4 Å². The Kier molecular flexibility index (Phi) is 9.32. The van der Waals surface area contributed by atoms with Gasteiger partial charge in [0.15, 0.2) is 44.3 Å². The number of rotatable bonds is 6. The fourth-order valence-corrected chi connectivity index (χ4v) is 12.9. The van der Waals surface area contributed by atoms with E-state index >= 15 is 0 Å². The molecule has 11 nitrogen and oxygen atoms in total. The van der Waals surface area contributed by atoms with Gasteiger partial charge in [-0.2, -0.15) is 10.5 Å². The highest BCUT2D eigenvalue weighted by molar-refractivity contribution is 7.91. The molecule has 1 spiro atoms. The highest BCUT2D eigenvalue weighted by Gasteiger charge is 2.60. The summed E-state index contributed by atoms with van der Waals surface area (Å²) >= 11 is 0. The van der Waals surface area contributed by atoms with Crippen LogP contribution in [0.3, 0.4) is 0 Å². The van der Waals surface area contributed by atoms with Crippen LogP contribution < -0.4 is 18.9 Å². The Balaban J connectivity index is 1.42. The largest absolute Gasteiger partial charge is 0.493 e. The molecule has 0 N–H and O–H groups in total. The van der Waals surface area contributed by atoms with Crippen LogP contribution in [0.4, 0.5) is 0 Å². The van der Waals surface area contributed by atoms with Crippen molar-refractivity contribution in [2.45, 2.75) is 83.7 Å². The maximum absolute atomic E-state index is 12.7. The molecule has 1 unspecified atom stereocenters. The number of methoxy groups -OCH3 is 2. The molecule has 8 rings (SSSR count). The van der Waals surface area contributed by atoms with Crippen molar-refractivity contribution < 1.29 is 31.6 Å². The molecular weight excluding hydrogens is 749 g/mol. The Labute approximate surface area is 332 Å². The van der Waals surface area contributed by atoms with Gasteiger partial charge in [-0.1, -0.05) is 27.7 Å². The van der Waals surface area contributed by atoms with Gasteiger partial charge in [0.25, 0.3) is 0 Å². The van der Waals surface area contributed by atoms with Crippen molar-refractivity contribution in [1.82, 2.24) is 9.80 Å². The van der Waals surface area contributed by atoms with Crippen molar-refractivity contribution in [3.05, 3.63) is 67.8 Å². The lowest BCUT2D eigenvalue weighted by atomic mass is 9.70. The molecule has 3 aromatic rings. The third kappa shape index (κ3) is 5.91. The van der Waals surface area contributed by atoms with Crippen molar-refractivity contribution in [1.29, 1.82) is 10.5 Å². The average Bonchev–Trinajstić information content (AvgIpc) is 3.51. The van der Waals surface area contributed by atoms with E-state index in [1.165, 1.54) is 11.1 Å².